The minimum atomic E-state index is -4.05. The number of halogens is 3. The number of rotatable bonds is 4. The maximum absolute atomic E-state index is 12.7. The minimum absolute atomic E-state index is 0.0376. The largest absolute Gasteiger partial charge is 0.396 e. The smallest absolute Gasteiger partial charge is 0.391 e. The van der Waals surface area contributed by atoms with Crippen LogP contribution in [0.4, 0.5) is 13.2 Å². The lowest BCUT2D eigenvalue weighted by Gasteiger charge is -2.34. The van der Waals surface area contributed by atoms with Crippen molar-refractivity contribution < 1.29 is 18.3 Å². The Labute approximate surface area is 112 Å². The number of hydrogen-bond donors (Lipinski definition) is 2. The van der Waals surface area contributed by atoms with Gasteiger partial charge in [-0.3, -0.25) is 0 Å². The Balaban J connectivity index is 1.82. The molecule has 2 N–H and O–H groups in total. The highest BCUT2D eigenvalue weighted by Gasteiger charge is 2.42. The molecule has 19 heavy (non-hydrogen) atoms. The molecule has 2 rings (SSSR count). The highest BCUT2D eigenvalue weighted by Crippen LogP contribution is 2.39. The van der Waals surface area contributed by atoms with Gasteiger partial charge in [0.25, 0.3) is 0 Å². The Morgan fingerprint density at radius 3 is 2.37 bits per heavy atom. The van der Waals surface area contributed by atoms with Crippen molar-refractivity contribution >= 4 is 0 Å². The molecule has 2 fully saturated rings. The van der Waals surface area contributed by atoms with Crippen LogP contribution in [0.5, 0.6) is 0 Å². The summed E-state index contributed by atoms with van der Waals surface area (Å²) in [5, 5.41) is 12.8. The van der Waals surface area contributed by atoms with Crippen molar-refractivity contribution in [3.8, 4) is 0 Å². The molecule has 0 amide bonds. The predicted molar refractivity (Wildman–Crippen MR) is 67.8 cm³/mol. The molecule has 0 aromatic carbocycles. The summed E-state index contributed by atoms with van der Waals surface area (Å²) in [6.07, 6.45) is 2.12. The Morgan fingerprint density at radius 2 is 1.79 bits per heavy atom. The van der Waals surface area contributed by atoms with Gasteiger partial charge in [0.15, 0.2) is 0 Å². The van der Waals surface area contributed by atoms with Crippen LogP contribution in [0, 0.1) is 11.3 Å². The maximum atomic E-state index is 12.7. The van der Waals surface area contributed by atoms with Crippen LogP contribution in [0.25, 0.3) is 0 Å². The van der Waals surface area contributed by atoms with E-state index in [-0.39, 0.29) is 30.9 Å². The summed E-state index contributed by atoms with van der Waals surface area (Å²) in [4.78, 5) is 0. The van der Waals surface area contributed by atoms with Crippen molar-refractivity contribution in [3.63, 3.8) is 0 Å². The van der Waals surface area contributed by atoms with Gasteiger partial charge in [-0.15, -0.1) is 0 Å². The molecular formula is C14H24F3NO. The van der Waals surface area contributed by atoms with Crippen LogP contribution in [-0.2, 0) is 0 Å². The molecule has 2 aliphatic carbocycles. The van der Waals surface area contributed by atoms with E-state index in [0.717, 1.165) is 32.1 Å². The van der Waals surface area contributed by atoms with Gasteiger partial charge in [-0.05, 0) is 32.1 Å². The van der Waals surface area contributed by atoms with Gasteiger partial charge in [-0.25, -0.2) is 0 Å². The summed E-state index contributed by atoms with van der Waals surface area (Å²) in [7, 11) is 0. The van der Waals surface area contributed by atoms with E-state index in [9.17, 15) is 18.3 Å². The van der Waals surface area contributed by atoms with Gasteiger partial charge in [0.05, 0.1) is 5.92 Å². The zero-order chi connectivity index (χ0) is 13.9. The Hall–Kier alpha value is -0.290. The normalized spacial score (nSPS) is 31.6. The summed E-state index contributed by atoms with van der Waals surface area (Å²) < 4.78 is 38.2. The number of hydrogen-bond acceptors (Lipinski definition) is 2. The van der Waals surface area contributed by atoms with E-state index in [2.05, 4.69) is 5.32 Å². The first kappa shape index (κ1) is 15.1. The first-order valence-corrected chi connectivity index (χ1v) is 7.36. The number of aliphatic hydroxyl groups is 1. The molecule has 5 heteroatoms. The fraction of sp³-hybridized carbons (Fsp3) is 1.00. The molecule has 0 spiro atoms. The first-order chi connectivity index (χ1) is 8.95. The van der Waals surface area contributed by atoms with E-state index in [1.807, 2.05) is 0 Å². The lowest BCUT2D eigenvalue weighted by molar-refractivity contribution is -0.183. The number of alkyl halides is 3. The molecule has 0 radical (unpaired) electrons. The van der Waals surface area contributed by atoms with E-state index in [0.29, 0.717) is 13.0 Å². The third kappa shape index (κ3) is 3.85. The van der Waals surface area contributed by atoms with Gasteiger partial charge in [0.2, 0.25) is 0 Å². The standard InChI is InChI=1S/C14H24F3NO/c15-14(16,17)11-4-3-5-12(8-11)18-9-13(10-19)6-1-2-7-13/h11-12,18-19H,1-10H2. The van der Waals surface area contributed by atoms with Crippen LogP contribution in [0.2, 0.25) is 0 Å². The Bertz CT molecular complexity index is 287. The average molecular weight is 279 g/mol. The number of nitrogens with one attached hydrogen (secondary N) is 1. The number of aliphatic hydroxyl groups excluding tert-OH is 1. The Kier molecular flexibility index (Phi) is 4.77. The molecule has 0 bridgehead atoms. The van der Waals surface area contributed by atoms with Gasteiger partial charge >= 0.3 is 6.18 Å². The molecule has 0 aromatic rings. The quantitative estimate of drug-likeness (QED) is 0.828. The minimum Gasteiger partial charge on any atom is -0.396 e. The van der Waals surface area contributed by atoms with E-state index >= 15 is 0 Å². The summed E-state index contributed by atoms with van der Waals surface area (Å²) in [6.45, 7) is 0.814. The fourth-order valence-electron chi connectivity index (χ4n) is 3.55. The molecule has 2 nitrogen and oxygen atoms in total. The molecule has 2 saturated carbocycles. The molecule has 112 valence electrons. The van der Waals surface area contributed by atoms with E-state index < -0.39 is 12.1 Å². The highest BCUT2D eigenvalue weighted by molar-refractivity contribution is 4.89. The van der Waals surface area contributed by atoms with Crippen molar-refractivity contribution in [1.29, 1.82) is 0 Å². The van der Waals surface area contributed by atoms with Gasteiger partial charge in [-0.1, -0.05) is 19.3 Å². The van der Waals surface area contributed by atoms with Crippen molar-refractivity contribution in [2.75, 3.05) is 13.2 Å². The summed E-state index contributed by atoms with van der Waals surface area (Å²) in [5.41, 5.74) is -0.0782. The predicted octanol–water partition coefficient (Wildman–Crippen LogP) is 3.25. The highest BCUT2D eigenvalue weighted by atomic mass is 19.4. The van der Waals surface area contributed by atoms with Crippen molar-refractivity contribution in [2.45, 2.75) is 63.6 Å². The zero-order valence-corrected chi connectivity index (χ0v) is 11.3. The lowest BCUT2D eigenvalue weighted by Crippen LogP contribution is -2.44. The zero-order valence-electron chi connectivity index (χ0n) is 11.3. The van der Waals surface area contributed by atoms with Crippen LogP contribution in [0.1, 0.15) is 51.4 Å². The van der Waals surface area contributed by atoms with Gasteiger partial charge in [-0.2, -0.15) is 13.2 Å². The van der Waals surface area contributed by atoms with Gasteiger partial charge < -0.3 is 10.4 Å². The molecule has 2 atom stereocenters. The van der Waals surface area contributed by atoms with Gasteiger partial charge in [0.1, 0.15) is 0 Å². The molecule has 0 aliphatic heterocycles. The molecule has 2 aliphatic rings. The van der Waals surface area contributed by atoms with Crippen LogP contribution in [0.3, 0.4) is 0 Å². The topological polar surface area (TPSA) is 32.3 Å². The molecular weight excluding hydrogens is 255 g/mol. The second kappa shape index (κ2) is 6.00. The SMILES string of the molecule is OCC1(CNC2CCCC(C(F)(F)F)C2)CCCC1. The molecule has 0 heterocycles. The maximum Gasteiger partial charge on any atom is 0.391 e. The lowest BCUT2D eigenvalue weighted by atomic mass is 9.83. The van der Waals surface area contributed by atoms with Gasteiger partial charge in [0, 0.05) is 24.6 Å². The second-order valence-electron chi connectivity index (χ2n) is 6.35. The molecule has 2 unspecified atom stereocenters. The van der Waals surface area contributed by atoms with Crippen LogP contribution in [-0.4, -0.2) is 30.5 Å². The fourth-order valence-corrected chi connectivity index (χ4v) is 3.55. The molecule has 0 saturated heterocycles. The van der Waals surface area contributed by atoms with Crippen molar-refractivity contribution in [3.05, 3.63) is 0 Å². The Morgan fingerprint density at radius 1 is 1.11 bits per heavy atom. The van der Waals surface area contributed by atoms with E-state index in [1.54, 1.807) is 0 Å². The second-order valence-corrected chi connectivity index (χ2v) is 6.35. The third-order valence-electron chi connectivity index (χ3n) is 4.90. The van der Waals surface area contributed by atoms with Crippen LogP contribution >= 0.6 is 0 Å². The van der Waals surface area contributed by atoms with E-state index in [1.165, 1.54) is 0 Å². The summed E-state index contributed by atoms with van der Waals surface area (Å²) >= 11 is 0. The van der Waals surface area contributed by atoms with Crippen LogP contribution in [0.15, 0.2) is 0 Å². The average Bonchev–Trinajstić information content (AvgIpc) is 2.85. The van der Waals surface area contributed by atoms with Crippen molar-refractivity contribution in [1.82, 2.24) is 5.32 Å². The third-order valence-corrected chi connectivity index (χ3v) is 4.90. The first-order valence-electron chi connectivity index (χ1n) is 7.36. The van der Waals surface area contributed by atoms with Crippen LogP contribution < -0.4 is 5.32 Å². The van der Waals surface area contributed by atoms with E-state index in [4.69, 9.17) is 0 Å². The summed E-state index contributed by atoms with van der Waals surface area (Å²) in [5.74, 6) is -1.15. The van der Waals surface area contributed by atoms with Crippen molar-refractivity contribution in [2.24, 2.45) is 11.3 Å². The molecule has 0 aromatic heterocycles. The monoisotopic (exact) mass is 279 g/mol. The summed E-state index contributed by atoms with van der Waals surface area (Å²) in [6, 6.07) is -0.0376.